The third kappa shape index (κ3) is 5.54. The maximum atomic E-state index is 11.4. The van der Waals surface area contributed by atoms with Gasteiger partial charge in [-0.25, -0.2) is 9.59 Å². The first-order valence-corrected chi connectivity index (χ1v) is 8.49. The van der Waals surface area contributed by atoms with Gasteiger partial charge in [-0.3, -0.25) is 0 Å². The van der Waals surface area contributed by atoms with Crippen molar-refractivity contribution >= 4 is 45.4 Å². The maximum absolute atomic E-state index is 11.4. The summed E-state index contributed by atoms with van der Waals surface area (Å²) in [7, 11) is 0. The highest BCUT2D eigenvalue weighted by atomic mass is 27.1. The predicted octanol–water partition coefficient (Wildman–Crippen LogP) is 0.120. The van der Waals surface area contributed by atoms with E-state index >= 15 is 0 Å². The number of hydrogen-bond acceptors (Lipinski definition) is 4. The van der Waals surface area contributed by atoms with Gasteiger partial charge in [0.15, 0.2) is 0 Å². The number of amides is 2. The van der Waals surface area contributed by atoms with Crippen LogP contribution in [0.15, 0.2) is 0 Å². The van der Waals surface area contributed by atoms with Crippen LogP contribution in [0.1, 0.15) is 40.0 Å². The van der Waals surface area contributed by atoms with Crippen LogP contribution in [-0.4, -0.2) is 58.0 Å². The lowest BCUT2D eigenvalue weighted by atomic mass is 9.62. The van der Waals surface area contributed by atoms with E-state index in [1.807, 2.05) is 0 Å². The van der Waals surface area contributed by atoms with Gasteiger partial charge in [0, 0.05) is 12.6 Å². The quantitative estimate of drug-likeness (QED) is 0.726. The molecule has 2 unspecified atom stereocenters. The van der Waals surface area contributed by atoms with Crippen molar-refractivity contribution in [2.45, 2.75) is 46.1 Å². The summed E-state index contributed by atoms with van der Waals surface area (Å²) in [6.07, 6.45) is 2.05. The van der Waals surface area contributed by atoms with Crippen molar-refractivity contribution in [3.8, 4) is 0 Å². The SMILES string of the molecule is CC1(C)CC(NC(=O)[O][AlH2])CC(C)(CNC(=O)[O][AlH2])C1. The molecule has 0 bridgehead atoms. The van der Waals surface area contributed by atoms with Crippen molar-refractivity contribution < 1.29 is 17.2 Å². The zero-order valence-electron chi connectivity index (χ0n) is 13.0. The molecule has 2 atom stereocenters. The average molecular weight is 314 g/mol. The molecule has 0 aromatic rings. The molecule has 6 nitrogen and oxygen atoms in total. The van der Waals surface area contributed by atoms with Crippen molar-refractivity contribution in [1.29, 1.82) is 0 Å². The Balaban J connectivity index is 2.70. The highest BCUT2D eigenvalue weighted by Gasteiger charge is 2.41. The van der Waals surface area contributed by atoms with E-state index < -0.39 is 0 Å². The van der Waals surface area contributed by atoms with Crippen LogP contribution in [0.5, 0.6) is 0 Å². The first kappa shape index (κ1) is 17.7. The molecule has 8 heteroatoms. The number of rotatable bonds is 3. The zero-order valence-corrected chi connectivity index (χ0v) is 17.0. The van der Waals surface area contributed by atoms with E-state index in [0.717, 1.165) is 19.3 Å². The van der Waals surface area contributed by atoms with Crippen LogP contribution in [0.2, 0.25) is 0 Å². The van der Waals surface area contributed by atoms with Gasteiger partial charge in [-0.2, -0.15) is 0 Å². The van der Waals surface area contributed by atoms with Gasteiger partial charge in [0.1, 0.15) is 0 Å². The van der Waals surface area contributed by atoms with E-state index in [-0.39, 0.29) is 29.1 Å². The fourth-order valence-corrected chi connectivity index (χ4v) is 3.72. The fourth-order valence-electron chi connectivity index (χ4n) is 3.45. The minimum atomic E-state index is -0.357. The minimum Gasteiger partial charge on any atom is -0.606 e. The molecule has 2 amide bonds. The lowest BCUT2D eigenvalue weighted by molar-refractivity contribution is 0.0705. The predicted molar refractivity (Wildman–Crippen MR) is 80.7 cm³/mol. The minimum absolute atomic E-state index is 0.0549. The molecule has 1 rings (SSSR count). The van der Waals surface area contributed by atoms with Crippen molar-refractivity contribution in [3.63, 3.8) is 0 Å². The summed E-state index contributed by atoms with van der Waals surface area (Å²) in [6.45, 7) is 7.08. The average Bonchev–Trinajstić information content (AvgIpc) is 2.33. The summed E-state index contributed by atoms with van der Waals surface area (Å²) in [6, 6.07) is 0.0824. The van der Waals surface area contributed by atoms with Gasteiger partial charge in [-0.1, -0.05) is 20.8 Å². The molecule has 0 saturated heterocycles. The molecule has 1 saturated carbocycles. The smallest absolute Gasteiger partial charge is 0.501 e. The van der Waals surface area contributed by atoms with E-state index in [0.29, 0.717) is 39.8 Å². The summed E-state index contributed by atoms with van der Waals surface area (Å²) in [5.41, 5.74) is 0.0588. The molecule has 1 aliphatic carbocycles. The summed E-state index contributed by atoms with van der Waals surface area (Å²) < 4.78 is 9.56. The molecule has 0 radical (unpaired) electrons. The molecule has 0 heterocycles. The normalized spacial score (nSPS) is 28.2. The Labute approximate surface area is 136 Å². The van der Waals surface area contributed by atoms with Crippen LogP contribution < -0.4 is 10.6 Å². The molecule has 1 aliphatic rings. The largest absolute Gasteiger partial charge is 0.606 e. The van der Waals surface area contributed by atoms with E-state index in [1.54, 1.807) is 0 Å². The molecule has 1 fully saturated rings. The second-order valence-corrected chi connectivity index (χ2v) is 7.55. The van der Waals surface area contributed by atoms with E-state index in [2.05, 4.69) is 31.4 Å². The van der Waals surface area contributed by atoms with Gasteiger partial charge in [-0.15, -0.1) is 0 Å². The van der Waals surface area contributed by atoms with Crippen LogP contribution in [0.3, 0.4) is 0 Å². The lowest BCUT2D eigenvalue weighted by Crippen LogP contribution is -2.50. The van der Waals surface area contributed by atoms with E-state index in [9.17, 15) is 9.59 Å². The number of carbonyl (C=O) groups excluding carboxylic acids is 2. The van der Waals surface area contributed by atoms with Crippen LogP contribution in [0, 0.1) is 10.8 Å². The Morgan fingerprint density at radius 3 is 2.30 bits per heavy atom. The molecular formula is C12H24Al2N2O4. The molecule has 0 aliphatic heterocycles. The van der Waals surface area contributed by atoms with Gasteiger partial charge in [0.2, 0.25) is 0 Å². The number of hydrogen-bond donors (Lipinski definition) is 2. The van der Waals surface area contributed by atoms with Crippen molar-refractivity contribution in [2.75, 3.05) is 6.54 Å². The Morgan fingerprint density at radius 1 is 1.15 bits per heavy atom. The number of carbonyl (C=O) groups is 2. The van der Waals surface area contributed by atoms with Gasteiger partial charge in [0.25, 0.3) is 0 Å². The topological polar surface area (TPSA) is 76.7 Å². The van der Waals surface area contributed by atoms with Gasteiger partial charge in [-0.05, 0) is 30.1 Å². The standard InChI is InChI=1S/C12H22N2O4.2Al.4H/c1-11(2)4-8(14-10(17)18)5-12(3,6-11)7-13-9(15)16;;;;;;/h8,13-14H,4-7H2,1-3H3,(H,15,16)(H,17,18);;;;;;/q;2*+1;;;;/p-2. The second kappa shape index (κ2) is 7.05. The first-order chi connectivity index (χ1) is 9.19. The van der Waals surface area contributed by atoms with Crippen LogP contribution >= 0.6 is 0 Å². The highest BCUT2D eigenvalue weighted by Crippen LogP contribution is 2.45. The van der Waals surface area contributed by atoms with Gasteiger partial charge in [0.05, 0.1) is 0 Å². The number of nitrogens with one attached hydrogen (secondary N) is 2. The van der Waals surface area contributed by atoms with Gasteiger partial charge < -0.3 is 18.2 Å². The van der Waals surface area contributed by atoms with Crippen LogP contribution in [0.4, 0.5) is 9.59 Å². The van der Waals surface area contributed by atoms with Crippen molar-refractivity contribution in [3.05, 3.63) is 0 Å². The summed E-state index contributed by atoms with van der Waals surface area (Å²) in [5.74, 6) is 0. The molecule has 0 aromatic heterocycles. The Hall–Kier alpha value is -0.395. The molecular weight excluding hydrogens is 290 g/mol. The summed E-state index contributed by atoms with van der Waals surface area (Å²) in [4.78, 5) is 22.7. The van der Waals surface area contributed by atoms with Gasteiger partial charge >= 0.3 is 45.4 Å². The Morgan fingerprint density at radius 2 is 1.75 bits per heavy atom. The lowest BCUT2D eigenvalue weighted by Gasteiger charge is -2.46. The zero-order chi connectivity index (χ0) is 15.4. The maximum Gasteiger partial charge on any atom is 0.501 e. The fraction of sp³-hybridized carbons (Fsp3) is 0.833. The van der Waals surface area contributed by atoms with E-state index in [4.69, 9.17) is 7.58 Å². The third-order valence-corrected chi connectivity index (χ3v) is 4.54. The monoisotopic (exact) mass is 314 g/mol. The molecule has 0 aromatic carbocycles. The Kier molecular flexibility index (Phi) is 6.22. The molecule has 20 heavy (non-hydrogen) atoms. The first-order valence-electron chi connectivity index (χ1n) is 6.86. The van der Waals surface area contributed by atoms with E-state index in [1.165, 1.54) is 0 Å². The second-order valence-electron chi connectivity index (χ2n) is 6.74. The highest BCUT2D eigenvalue weighted by molar-refractivity contribution is 6.05. The third-order valence-electron chi connectivity index (χ3n) is 3.80. The summed E-state index contributed by atoms with van der Waals surface area (Å²) >= 11 is 0.790. The van der Waals surface area contributed by atoms with Crippen LogP contribution in [0.25, 0.3) is 0 Å². The van der Waals surface area contributed by atoms with Crippen LogP contribution in [-0.2, 0) is 7.58 Å². The van der Waals surface area contributed by atoms with Crippen molar-refractivity contribution in [2.24, 2.45) is 10.8 Å². The molecule has 0 spiro atoms. The molecule has 2 N–H and O–H groups in total. The summed E-state index contributed by atoms with van der Waals surface area (Å²) in [5, 5.41) is 5.72. The molecule has 112 valence electrons. The Bertz CT molecular complexity index is 378. The van der Waals surface area contributed by atoms with Crippen molar-refractivity contribution in [1.82, 2.24) is 10.6 Å².